The van der Waals surface area contributed by atoms with Gasteiger partial charge in [-0.1, -0.05) is 24.3 Å². The maximum atomic E-state index is 4.99. The summed E-state index contributed by atoms with van der Waals surface area (Å²) in [5, 5.41) is 0. The van der Waals surface area contributed by atoms with Crippen LogP contribution >= 0.6 is 0 Å². The van der Waals surface area contributed by atoms with Gasteiger partial charge in [-0.05, 0) is 17.5 Å². The molecule has 0 aliphatic carbocycles. The highest BCUT2D eigenvalue weighted by atomic mass is 16.3. The van der Waals surface area contributed by atoms with E-state index in [0.29, 0.717) is 0 Å². The van der Waals surface area contributed by atoms with Crippen molar-refractivity contribution in [1.82, 2.24) is 9.88 Å². The first-order valence-electron chi connectivity index (χ1n) is 5.58. The maximum absolute atomic E-state index is 4.99. The Bertz CT molecular complexity index is 465. The molecule has 1 aromatic carbocycles. The van der Waals surface area contributed by atoms with Crippen LogP contribution in [-0.4, -0.2) is 16.4 Å². The standard InChI is InChI=1S/C13H14N2O/c1-2-4-12-7-15(6-5-11(12)3-1)8-13-9-16-10-14-13/h1-4,9-10H,5-8H2. The molecule has 3 nitrogen and oxygen atoms in total. The maximum Gasteiger partial charge on any atom is 0.180 e. The molecule has 3 heteroatoms. The largest absolute Gasteiger partial charge is 0.451 e. The van der Waals surface area contributed by atoms with Gasteiger partial charge < -0.3 is 4.42 Å². The lowest BCUT2D eigenvalue weighted by Crippen LogP contribution is -2.30. The van der Waals surface area contributed by atoms with Crippen LogP contribution in [0.1, 0.15) is 16.8 Å². The van der Waals surface area contributed by atoms with Gasteiger partial charge >= 0.3 is 0 Å². The van der Waals surface area contributed by atoms with Gasteiger partial charge in [0.2, 0.25) is 0 Å². The minimum Gasteiger partial charge on any atom is -0.451 e. The van der Waals surface area contributed by atoms with Crippen molar-refractivity contribution in [3.05, 3.63) is 53.7 Å². The Kier molecular flexibility index (Phi) is 2.46. The molecule has 0 fully saturated rings. The Morgan fingerprint density at radius 2 is 2.12 bits per heavy atom. The molecule has 1 aromatic heterocycles. The van der Waals surface area contributed by atoms with E-state index in [0.717, 1.165) is 31.7 Å². The van der Waals surface area contributed by atoms with Crippen LogP contribution in [0.5, 0.6) is 0 Å². The van der Waals surface area contributed by atoms with Gasteiger partial charge in [0.25, 0.3) is 0 Å². The summed E-state index contributed by atoms with van der Waals surface area (Å²) in [4.78, 5) is 6.56. The molecule has 1 aliphatic heterocycles. The second-order valence-corrected chi connectivity index (χ2v) is 4.21. The number of benzene rings is 1. The molecule has 0 saturated heterocycles. The van der Waals surface area contributed by atoms with E-state index in [9.17, 15) is 0 Å². The fraction of sp³-hybridized carbons (Fsp3) is 0.308. The normalized spacial score (nSPS) is 16.0. The van der Waals surface area contributed by atoms with E-state index in [1.807, 2.05) is 0 Å². The molecular weight excluding hydrogens is 200 g/mol. The summed E-state index contributed by atoms with van der Waals surface area (Å²) in [6.45, 7) is 3.00. The lowest BCUT2D eigenvalue weighted by molar-refractivity contribution is 0.242. The minimum absolute atomic E-state index is 0.880. The summed E-state index contributed by atoms with van der Waals surface area (Å²) in [6.07, 6.45) is 4.35. The smallest absolute Gasteiger partial charge is 0.180 e. The van der Waals surface area contributed by atoms with Gasteiger partial charge in [0.15, 0.2) is 6.39 Å². The predicted octanol–water partition coefficient (Wildman–Crippen LogP) is 2.23. The first-order chi connectivity index (χ1) is 7.92. The molecule has 0 unspecified atom stereocenters. The number of oxazole rings is 1. The van der Waals surface area contributed by atoms with Crippen molar-refractivity contribution in [2.45, 2.75) is 19.5 Å². The highest BCUT2D eigenvalue weighted by Gasteiger charge is 2.16. The van der Waals surface area contributed by atoms with Gasteiger partial charge in [0, 0.05) is 19.6 Å². The molecule has 16 heavy (non-hydrogen) atoms. The number of hydrogen-bond donors (Lipinski definition) is 0. The average Bonchev–Trinajstić information content (AvgIpc) is 2.82. The van der Waals surface area contributed by atoms with E-state index in [2.05, 4.69) is 34.1 Å². The van der Waals surface area contributed by atoms with Crippen LogP contribution in [0.15, 0.2) is 41.3 Å². The highest BCUT2D eigenvalue weighted by molar-refractivity contribution is 5.29. The Morgan fingerprint density at radius 1 is 1.25 bits per heavy atom. The number of fused-ring (bicyclic) bond motifs is 1. The van der Waals surface area contributed by atoms with Crippen LogP contribution in [-0.2, 0) is 19.5 Å². The van der Waals surface area contributed by atoms with Crippen LogP contribution < -0.4 is 0 Å². The molecule has 2 aromatic rings. The zero-order valence-electron chi connectivity index (χ0n) is 9.10. The van der Waals surface area contributed by atoms with E-state index in [4.69, 9.17) is 4.42 Å². The molecular formula is C13H14N2O. The molecule has 0 saturated carbocycles. The van der Waals surface area contributed by atoms with Gasteiger partial charge in [-0.25, -0.2) is 4.98 Å². The SMILES string of the molecule is c1ccc2c(c1)CCN(Cc1cocn1)C2. The van der Waals surface area contributed by atoms with Gasteiger partial charge in [0.05, 0.1) is 5.69 Å². The minimum atomic E-state index is 0.880. The summed E-state index contributed by atoms with van der Waals surface area (Å²) < 4.78 is 4.99. The topological polar surface area (TPSA) is 29.3 Å². The quantitative estimate of drug-likeness (QED) is 0.767. The van der Waals surface area contributed by atoms with Crippen molar-refractivity contribution in [3.8, 4) is 0 Å². The van der Waals surface area contributed by atoms with Crippen LogP contribution in [0.25, 0.3) is 0 Å². The summed E-state index contributed by atoms with van der Waals surface area (Å²) in [5.74, 6) is 0. The molecule has 0 amide bonds. The van der Waals surface area contributed by atoms with E-state index in [1.165, 1.54) is 17.5 Å². The average molecular weight is 214 g/mol. The van der Waals surface area contributed by atoms with Crippen molar-refractivity contribution < 1.29 is 4.42 Å². The number of aromatic nitrogens is 1. The lowest BCUT2D eigenvalue weighted by Gasteiger charge is -2.27. The third-order valence-electron chi connectivity index (χ3n) is 3.08. The molecule has 82 valence electrons. The fourth-order valence-electron chi connectivity index (χ4n) is 2.23. The number of nitrogens with zero attached hydrogens (tertiary/aromatic N) is 2. The van der Waals surface area contributed by atoms with E-state index < -0.39 is 0 Å². The van der Waals surface area contributed by atoms with Gasteiger partial charge in [0.1, 0.15) is 6.26 Å². The van der Waals surface area contributed by atoms with E-state index in [-0.39, 0.29) is 0 Å². The van der Waals surface area contributed by atoms with Crippen molar-refractivity contribution in [2.75, 3.05) is 6.54 Å². The molecule has 0 N–H and O–H groups in total. The predicted molar refractivity (Wildman–Crippen MR) is 60.8 cm³/mol. The van der Waals surface area contributed by atoms with Crippen molar-refractivity contribution in [3.63, 3.8) is 0 Å². The third kappa shape index (κ3) is 1.86. The molecule has 2 heterocycles. The van der Waals surface area contributed by atoms with Crippen molar-refractivity contribution >= 4 is 0 Å². The Balaban J connectivity index is 1.73. The van der Waals surface area contributed by atoms with Gasteiger partial charge in [-0.2, -0.15) is 0 Å². The van der Waals surface area contributed by atoms with Crippen LogP contribution in [0.4, 0.5) is 0 Å². The first kappa shape index (κ1) is 9.60. The summed E-state index contributed by atoms with van der Waals surface area (Å²) >= 11 is 0. The van der Waals surface area contributed by atoms with Gasteiger partial charge in [-0.3, -0.25) is 4.90 Å². The molecule has 0 bridgehead atoms. The second-order valence-electron chi connectivity index (χ2n) is 4.21. The summed E-state index contributed by atoms with van der Waals surface area (Å²) in [7, 11) is 0. The lowest BCUT2D eigenvalue weighted by atomic mass is 10.00. The van der Waals surface area contributed by atoms with Crippen LogP contribution in [0.3, 0.4) is 0 Å². The van der Waals surface area contributed by atoms with E-state index >= 15 is 0 Å². The Morgan fingerprint density at radius 3 is 2.94 bits per heavy atom. The zero-order valence-corrected chi connectivity index (χ0v) is 9.10. The van der Waals surface area contributed by atoms with Crippen molar-refractivity contribution in [1.29, 1.82) is 0 Å². The molecule has 0 radical (unpaired) electrons. The van der Waals surface area contributed by atoms with Crippen LogP contribution in [0.2, 0.25) is 0 Å². The van der Waals surface area contributed by atoms with E-state index in [1.54, 1.807) is 6.26 Å². The highest BCUT2D eigenvalue weighted by Crippen LogP contribution is 2.19. The first-order valence-corrected chi connectivity index (χ1v) is 5.58. The monoisotopic (exact) mass is 214 g/mol. The molecule has 1 aliphatic rings. The third-order valence-corrected chi connectivity index (χ3v) is 3.08. The van der Waals surface area contributed by atoms with Crippen molar-refractivity contribution in [2.24, 2.45) is 0 Å². The molecule has 3 rings (SSSR count). The zero-order chi connectivity index (χ0) is 10.8. The summed E-state index contributed by atoms with van der Waals surface area (Å²) in [5.41, 5.74) is 3.94. The fourth-order valence-corrected chi connectivity index (χ4v) is 2.23. The number of rotatable bonds is 2. The van der Waals surface area contributed by atoms with Crippen LogP contribution in [0, 0.1) is 0 Å². The molecule has 0 atom stereocenters. The molecule has 0 spiro atoms. The Hall–Kier alpha value is -1.61. The Labute approximate surface area is 94.7 Å². The number of hydrogen-bond acceptors (Lipinski definition) is 3. The van der Waals surface area contributed by atoms with Gasteiger partial charge in [-0.15, -0.1) is 0 Å². The summed E-state index contributed by atoms with van der Waals surface area (Å²) in [6, 6.07) is 8.66. The second kappa shape index (κ2) is 4.10.